The van der Waals surface area contributed by atoms with Gasteiger partial charge in [0.05, 0.1) is 41.7 Å². The molecule has 4 aromatic rings. The number of rotatable bonds is 7. The molecule has 0 aromatic heterocycles. The lowest BCUT2D eigenvalue weighted by atomic mass is 9.49. The predicted octanol–water partition coefficient (Wildman–Crippen LogP) is 3.58. The van der Waals surface area contributed by atoms with Crippen molar-refractivity contribution < 1.29 is 39.1 Å². The zero-order chi connectivity index (χ0) is 36.5. The molecular weight excluding hydrogens is 661 g/mol. The van der Waals surface area contributed by atoms with Crippen molar-refractivity contribution >= 4 is 47.6 Å². The van der Waals surface area contributed by atoms with Crippen molar-refractivity contribution in [1.29, 1.82) is 0 Å². The number of carbonyl (C=O) groups excluding carboxylic acids is 4. The third kappa shape index (κ3) is 4.81. The molecule has 52 heavy (non-hydrogen) atoms. The number of phenols is 1. The fraction of sp³-hybridized carbons (Fsp3) is 0.250. The van der Waals surface area contributed by atoms with E-state index in [1.165, 1.54) is 19.2 Å². The van der Waals surface area contributed by atoms with Crippen molar-refractivity contribution in [2.45, 2.75) is 31.1 Å². The second-order valence-electron chi connectivity index (χ2n) is 14.0. The van der Waals surface area contributed by atoms with E-state index in [2.05, 4.69) is 5.43 Å². The first-order chi connectivity index (χ1) is 25.1. The number of fused-ring (bicyclic) bond motifs is 4. The van der Waals surface area contributed by atoms with E-state index >= 15 is 4.79 Å². The third-order valence-corrected chi connectivity index (χ3v) is 11.4. The van der Waals surface area contributed by atoms with Gasteiger partial charge in [-0.3, -0.25) is 29.5 Å². The Bertz CT molecular complexity index is 2160. The minimum absolute atomic E-state index is 0.0853. The van der Waals surface area contributed by atoms with E-state index in [1.807, 2.05) is 55.5 Å². The summed E-state index contributed by atoms with van der Waals surface area (Å²) in [6, 6.07) is 27.4. The first-order valence-electron chi connectivity index (χ1n) is 17.2. The number of nitrogens with one attached hydrogen (secondary N) is 1. The topological polar surface area (TPSA) is 157 Å². The molecule has 6 atom stereocenters. The number of aromatic hydroxyl groups is 1. The summed E-state index contributed by atoms with van der Waals surface area (Å²) in [7, 11) is -0.367. The van der Waals surface area contributed by atoms with Gasteiger partial charge in [-0.25, -0.2) is 0 Å². The Balaban J connectivity index is 1.32. The van der Waals surface area contributed by atoms with E-state index in [9.17, 15) is 29.5 Å². The molecule has 0 spiro atoms. The first kappa shape index (κ1) is 33.4. The predicted molar refractivity (Wildman–Crippen MR) is 192 cm³/mol. The van der Waals surface area contributed by atoms with E-state index in [0.29, 0.717) is 22.4 Å². The number of hydrazine groups is 1. The Morgan fingerprint density at radius 1 is 0.846 bits per heavy atom. The highest BCUT2D eigenvalue weighted by molar-refractivity contribution is 6.58. The number of methoxy groups -OCH3 is 1. The fourth-order valence-corrected chi connectivity index (χ4v) is 9.11. The molecular formula is C40H36BN3O8. The van der Waals surface area contributed by atoms with Crippen LogP contribution in [-0.4, -0.2) is 58.0 Å². The average Bonchev–Trinajstić information content (AvgIpc) is 3.54. The van der Waals surface area contributed by atoms with Gasteiger partial charge in [-0.2, -0.15) is 5.01 Å². The van der Waals surface area contributed by atoms with Gasteiger partial charge in [-0.1, -0.05) is 83.9 Å². The molecule has 262 valence electrons. The normalized spacial score (nSPS) is 26.5. The van der Waals surface area contributed by atoms with Crippen LogP contribution in [0.2, 0.25) is 0 Å². The molecule has 12 heteroatoms. The van der Waals surface area contributed by atoms with Gasteiger partial charge in [0.2, 0.25) is 11.8 Å². The van der Waals surface area contributed by atoms with E-state index in [4.69, 9.17) is 4.74 Å². The van der Waals surface area contributed by atoms with Gasteiger partial charge in [0.15, 0.2) is 11.5 Å². The van der Waals surface area contributed by atoms with Gasteiger partial charge in [0, 0.05) is 11.5 Å². The molecule has 0 bridgehead atoms. The van der Waals surface area contributed by atoms with Crippen LogP contribution in [0.1, 0.15) is 35.4 Å². The summed E-state index contributed by atoms with van der Waals surface area (Å²) < 4.78 is 5.53. The molecule has 0 unspecified atom stereocenters. The molecule has 4 aromatic carbocycles. The van der Waals surface area contributed by atoms with Crippen molar-refractivity contribution in [3.8, 4) is 11.5 Å². The number of carbonyl (C=O) groups is 4. The maximum absolute atomic E-state index is 15.3. The Hall–Kier alpha value is -5.72. The summed E-state index contributed by atoms with van der Waals surface area (Å²) in [4.78, 5) is 59.8. The molecule has 0 radical (unpaired) electrons. The molecule has 4 N–H and O–H groups in total. The SMILES string of the molecule is COc1cccc([C@H]2C3=CC[C@@H]4C(=O)N(c5cccc(B(O)O)c5)C(=O)[C@@H]4[C@@H]3C[C@H]3C(=O)N(Nc4ccc(C)cc4)C(=O)[C@@]23c2ccccc2)c1O. The zero-order valence-corrected chi connectivity index (χ0v) is 28.5. The van der Waals surface area contributed by atoms with Crippen molar-refractivity contribution in [3.63, 3.8) is 0 Å². The molecule has 1 saturated carbocycles. The first-order valence-corrected chi connectivity index (χ1v) is 17.2. The largest absolute Gasteiger partial charge is 0.504 e. The standard InChI is InChI=1S/C40H36BN3O8/c1-22-14-16-25(17-15-22)42-44-37(47)31-21-30-27(18-19-28-33(30)38(48)43(36(28)46)26-11-6-10-24(20-26)41(50)51)34(29-12-7-13-32(52-2)35(29)45)40(31,39(44)49)23-8-4-3-5-9-23/h3-18,20,28,30-31,33-34,42,45,50-51H,19,21H2,1-2H3/t28-,30+,31-,33-,34+,40+/m0/s1. The van der Waals surface area contributed by atoms with Crippen LogP contribution in [0.4, 0.5) is 11.4 Å². The van der Waals surface area contributed by atoms with E-state index < -0.39 is 65.8 Å². The summed E-state index contributed by atoms with van der Waals surface area (Å²) in [6.45, 7) is 1.94. The molecule has 8 rings (SSSR count). The van der Waals surface area contributed by atoms with Gasteiger partial charge in [0.25, 0.3) is 11.8 Å². The van der Waals surface area contributed by atoms with Gasteiger partial charge >= 0.3 is 7.12 Å². The van der Waals surface area contributed by atoms with Crippen LogP contribution >= 0.6 is 0 Å². The van der Waals surface area contributed by atoms with Gasteiger partial charge in [0.1, 0.15) is 0 Å². The van der Waals surface area contributed by atoms with E-state index in [0.717, 1.165) is 15.5 Å². The Labute approximate surface area is 300 Å². The van der Waals surface area contributed by atoms with Crippen molar-refractivity contribution in [2.75, 3.05) is 17.4 Å². The van der Waals surface area contributed by atoms with Crippen LogP contribution < -0.4 is 20.5 Å². The van der Waals surface area contributed by atoms with Crippen molar-refractivity contribution in [3.05, 3.63) is 125 Å². The number of anilines is 2. The summed E-state index contributed by atoms with van der Waals surface area (Å²) in [6.07, 6.45) is 2.18. The highest BCUT2D eigenvalue weighted by Crippen LogP contribution is 2.65. The van der Waals surface area contributed by atoms with Gasteiger partial charge in [-0.15, -0.1) is 0 Å². The van der Waals surface area contributed by atoms with Crippen LogP contribution in [0, 0.1) is 30.6 Å². The van der Waals surface area contributed by atoms with Crippen LogP contribution in [-0.2, 0) is 24.6 Å². The Morgan fingerprint density at radius 3 is 2.29 bits per heavy atom. The number of para-hydroxylation sites is 1. The summed E-state index contributed by atoms with van der Waals surface area (Å²) in [5.41, 5.74) is 5.03. The molecule has 2 aliphatic carbocycles. The maximum atomic E-state index is 15.3. The summed E-state index contributed by atoms with van der Waals surface area (Å²) in [5, 5.41) is 32.5. The number of hydrogen-bond acceptors (Lipinski definition) is 9. The molecule has 3 fully saturated rings. The van der Waals surface area contributed by atoms with Crippen LogP contribution in [0.15, 0.2) is 109 Å². The minimum Gasteiger partial charge on any atom is -0.504 e. The number of nitrogens with zero attached hydrogens (tertiary/aromatic N) is 2. The number of phenolic OH excluding ortho intramolecular Hbond substituents is 1. The maximum Gasteiger partial charge on any atom is 0.488 e. The number of imide groups is 2. The number of allylic oxidation sites excluding steroid dienone is 2. The molecule has 2 aliphatic heterocycles. The lowest BCUT2D eigenvalue weighted by Gasteiger charge is -2.50. The van der Waals surface area contributed by atoms with Gasteiger partial charge < -0.3 is 19.9 Å². The molecule has 11 nitrogen and oxygen atoms in total. The number of amides is 4. The molecule has 2 saturated heterocycles. The van der Waals surface area contributed by atoms with Crippen molar-refractivity contribution in [1.82, 2.24) is 5.01 Å². The number of benzene rings is 4. The third-order valence-electron chi connectivity index (χ3n) is 11.4. The number of aryl methyl sites for hydroxylation is 1. The average molecular weight is 698 g/mol. The second-order valence-corrected chi connectivity index (χ2v) is 14.0. The zero-order valence-electron chi connectivity index (χ0n) is 28.5. The van der Waals surface area contributed by atoms with Crippen molar-refractivity contribution in [2.24, 2.45) is 23.7 Å². The monoisotopic (exact) mass is 697 g/mol. The van der Waals surface area contributed by atoms with Crippen LogP contribution in [0.5, 0.6) is 11.5 Å². The lowest BCUT2D eigenvalue weighted by molar-refractivity contribution is -0.138. The van der Waals surface area contributed by atoms with Crippen LogP contribution in [0.3, 0.4) is 0 Å². The number of ether oxygens (including phenoxy) is 1. The highest BCUT2D eigenvalue weighted by Gasteiger charge is 2.70. The van der Waals surface area contributed by atoms with Gasteiger partial charge in [-0.05, 0) is 67.0 Å². The van der Waals surface area contributed by atoms with E-state index in [1.54, 1.807) is 42.5 Å². The lowest BCUT2D eigenvalue weighted by Crippen LogP contribution is -2.53. The highest BCUT2D eigenvalue weighted by atomic mass is 16.5. The quantitative estimate of drug-likeness (QED) is 0.129. The smallest absolute Gasteiger partial charge is 0.488 e. The molecule has 2 heterocycles. The minimum atomic E-state index is -1.80. The summed E-state index contributed by atoms with van der Waals surface area (Å²) in [5.74, 6) is -6.09. The Morgan fingerprint density at radius 2 is 1.58 bits per heavy atom. The second kappa shape index (κ2) is 12.5. The molecule has 4 amide bonds. The number of hydrogen-bond donors (Lipinski definition) is 4. The fourth-order valence-electron chi connectivity index (χ4n) is 9.11. The molecule has 4 aliphatic rings. The Kier molecular flexibility index (Phi) is 8.04. The van der Waals surface area contributed by atoms with E-state index in [-0.39, 0.29) is 35.5 Å². The summed E-state index contributed by atoms with van der Waals surface area (Å²) >= 11 is 0. The van der Waals surface area contributed by atoms with Crippen LogP contribution in [0.25, 0.3) is 0 Å².